The zero-order valence-electron chi connectivity index (χ0n) is 11.2. The molecule has 17 heavy (non-hydrogen) atoms. The molecule has 4 nitrogen and oxygen atoms in total. The number of methoxy groups -OCH3 is 1. The first-order valence-corrected chi connectivity index (χ1v) is 6.41. The molecule has 1 aromatic rings. The van der Waals surface area contributed by atoms with Crippen molar-refractivity contribution in [1.29, 1.82) is 0 Å². The predicted molar refractivity (Wildman–Crippen MR) is 69.4 cm³/mol. The van der Waals surface area contributed by atoms with Gasteiger partial charge in [0, 0.05) is 19.3 Å². The van der Waals surface area contributed by atoms with Crippen LogP contribution in [0.4, 0.5) is 5.95 Å². The van der Waals surface area contributed by atoms with E-state index in [-0.39, 0.29) is 0 Å². The Bertz CT molecular complexity index is 369. The van der Waals surface area contributed by atoms with Crippen molar-refractivity contribution < 1.29 is 4.74 Å². The second-order valence-electron chi connectivity index (χ2n) is 5.34. The van der Waals surface area contributed by atoms with E-state index in [0.717, 1.165) is 17.6 Å². The largest absolute Gasteiger partial charge is 0.383 e. The molecule has 1 unspecified atom stereocenters. The minimum absolute atomic E-state index is 0.321. The van der Waals surface area contributed by atoms with Crippen LogP contribution in [0.1, 0.15) is 38.4 Å². The Morgan fingerprint density at radius 1 is 1.59 bits per heavy atom. The average molecular weight is 237 g/mol. The van der Waals surface area contributed by atoms with Gasteiger partial charge in [-0.2, -0.15) is 0 Å². The summed E-state index contributed by atoms with van der Waals surface area (Å²) in [5.41, 5.74) is 1.06. The standard InChI is InChI=1S/C13H23N3O/c1-9-5-12(6-9)15-13-14-10(2)7-16(13)11(3)8-17-4/h7,9,11-12H,5-6,8H2,1-4H3,(H,14,15). The number of anilines is 1. The molecule has 1 aliphatic rings. The van der Waals surface area contributed by atoms with Gasteiger partial charge in [-0.05, 0) is 32.6 Å². The third-order valence-corrected chi connectivity index (χ3v) is 3.44. The van der Waals surface area contributed by atoms with Crippen LogP contribution < -0.4 is 5.32 Å². The van der Waals surface area contributed by atoms with Gasteiger partial charge in [-0.3, -0.25) is 0 Å². The van der Waals surface area contributed by atoms with E-state index in [0.29, 0.717) is 18.7 Å². The monoisotopic (exact) mass is 237 g/mol. The molecule has 96 valence electrons. The van der Waals surface area contributed by atoms with Crippen LogP contribution in [-0.2, 0) is 4.74 Å². The van der Waals surface area contributed by atoms with Crippen LogP contribution in [0.3, 0.4) is 0 Å². The molecule has 0 spiro atoms. The van der Waals surface area contributed by atoms with Crippen LogP contribution in [0.15, 0.2) is 6.20 Å². The molecule has 0 amide bonds. The minimum Gasteiger partial charge on any atom is -0.383 e. The Hall–Kier alpha value is -1.03. The Balaban J connectivity index is 2.04. The fourth-order valence-corrected chi connectivity index (χ4v) is 2.48. The topological polar surface area (TPSA) is 39.1 Å². The second kappa shape index (κ2) is 5.08. The molecule has 1 heterocycles. The Morgan fingerprint density at radius 3 is 2.88 bits per heavy atom. The van der Waals surface area contributed by atoms with Gasteiger partial charge in [-0.25, -0.2) is 4.98 Å². The summed E-state index contributed by atoms with van der Waals surface area (Å²) in [5.74, 6) is 1.84. The molecule has 0 aromatic carbocycles. The van der Waals surface area contributed by atoms with E-state index in [2.05, 4.69) is 34.9 Å². The normalized spacial score (nSPS) is 25.4. The Morgan fingerprint density at radius 2 is 2.29 bits per heavy atom. The maximum Gasteiger partial charge on any atom is 0.203 e. The fourth-order valence-electron chi connectivity index (χ4n) is 2.48. The number of imidazole rings is 1. The van der Waals surface area contributed by atoms with Crippen molar-refractivity contribution in [2.75, 3.05) is 19.0 Å². The average Bonchev–Trinajstić information content (AvgIpc) is 2.58. The summed E-state index contributed by atoms with van der Waals surface area (Å²) in [7, 11) is 1.74. The highest BCUT2D eigenvalue weighted by Gasteiger charge is 2.26. The van der Waals surface area contributed by atoms with Crippen LogP contribution in [-0.4, -0.2) is 29.3 Å². The summed E-state index contributed by atoms with van der Waals surface area (Å²) in [4.78, 5) is 4.56. The highest BCUT2D eigenvalue weighted by atomic mass is 16.5. The van der Waals surface area contributed by atoms with Crippen LogP contribution in [0, 0.1) is 12.8 Å². The lowest BCUT2D eigenvalue weighted by atomic mass is 9.82. The fraction of sp³-hybridized carbons (Fsp3) is 0.769. The Kier molecular flexibility index (Phi) is 3.72. The molecule has 1 saturated carbocycles. The molecular formula is C13H23N3O. The van der Waals surface area contributed by atoms with Gasteiger partial charge in [0.2, 0.25) is 5.95 Å². The van der Waals surface area contributed by atoms with Crippen LogP contribution >= 0.6 is 0 Å². The summed E-state index contributed by atoms with van der Waals surface area (Å²) < 4.78 is 7.39. The maximum absolute atomic E-state index is 5.21. The van der Waals surface area contributed by atoms with Crippen molar-refractivity contribution in [2.45, 2.75) is 45.7 Å². The van der Waals surface area contributed by atoms with E-state index >= 15 is 0 Å². The second-order valence-corrected chi connectivity index (χ2v) is 5.34. The van der Waals surface area contributed by atoms with Gasteiger partial charge in [-0.1, -0.05) is 6.92 Å². The molecule has 4 heteroatoms. The van der Waals surface area contributed by atoms with E-state index in [1.54, 1.807) is 7.11 Å². The smallest absolute Gasteiger partial charge is 0.203 e. The Labute approximate surface area is 103 Å². The number of aryl methyl sites for hydroxylation is 1. The molecule has 0 bridgehead atoms. The first-order chi connectivity index (χ1) is 8.10. The number of nitrogens with one attached hydrogen (secondary N) is 1. The number of hydrogen-bond donors (Lipinski definition) is 1. The number of ether oxygens (including phenoxy) is 1. The van der Waals surface area contributed by atoms with E-state index in [1.807, 2.05) is 6.92 Å². The highest BCUT2D eigenvalue weighted by molar-refractivity contribution is 5.32. The predicted octanol–water partition coefficient (Wildman–Crippen LogP) is 2.61. The molecule has 1 atom stereocenters. The molecule has 0 saturated heterocycles. The lowest BCUT2D eigenvalue weighted by molar-refractivity contribution is 0.162. The van der Waals surface area contributed by atoms with Gasteiger partial charge in [-0.15, -0.1) is 0 Å². The quantitative estimate of drug-likeness (QED) is 0.855. The van der Waals surface area contributed by atoms with Gasteiger partial charge in [0.25, 0.3) is 0 Å². The molecule has 0 aliphatic heterocycles. The lowest BCUT2D eigenvalue weighted by Crippen LogP contribution is -2.35. The van der Waals surface area contributed by atoms with Gasteiger partial charge >= 0.3 is 0 Å². The molecule has 1 N–H and O–H groups in total. The lowest BCUT2D eigenvalue weighted by Gasteiger charge is -2.34. The van der Waals surface area contributed by atoms with Gasteiger partial charge < -0.3 is 14.6 Å². The molecule has 1 fully saturated rings. The van der Waals surface area contributed by atoms with Crippen LogP contribution in [0.2, 0.25) is 0 Å². The van der Waals surface area contributed by atoms with Crippen molar-refractivity contribution >= 4 is 5.95 Å². The SMILES string of the molecule is COCC(C)n1cc(C)nc1NC1CC(C)C1. The highest BCUT2D eigenvalue weighted by Crippen LogP contribution is 2.29. The third-order valence-electron chi connectivity index (χ3n) is 3.44. The zero-order valence-corrected chi connectivity index (χ0v) is 11.2. The minimum atomic E-state index is 0.321. The van der Waals surface area contributed by atoms with Crippen molar-refractivity contribution in [3.05, 3.63) is 11.9 Å². The summed E-state index contributed by atoms with van der Waals surface area (Å²) in [5, 5.41) is 3.53. The molecule has 1 aromatic heterocycles. The summed E-state index contributed by atoms with van der Waals surface area (Å²) in [6.07, 6.45) is 4.60. The van der Waals surface area contributed by atoms with E-state index in [1.165, 1.54) is 12.8 Å². The molecule has 1 aliphatic carbocycles. The molecule has 0 radical (unpaired) electrons. The van der Waals surface area contributed by atoms with Crippen molar-refractivity contribution in [1.82, 2.24) is 9.55 Å². The first kappa shape index (κ1) is 12.4. The van der Waals surface area contributed by atoms with Crippen molar-refractivity contribution in [3.63, 3.8) is 0 Å². The number of hydrogen-bond acceptors (Lipinski definition) is 3. The van der Waals surface area contributed by atoms with Crippen LogP contribution in [0.25, 0.3) is 0 Å². The number of aromatic nitrogens is 2. The first-order valence-electron chi connectivity index (χ1n) is 6.41. The summed E-state index contributed by atoms with van der Waals surface area (Å²) >= 11 is 0. The number of rotatable bonds is 5. The van der Waals surface area contributed by atoms with Crippen molar-refractivity contribution in [3.8, 4) is 0 Å². The maximum atomic E-state index is 5.21. The third kappa shape index (κ3) is 2.80. The molecule has 2 rings (SSSR count). The number of nitrogens with zero attached hydrogens (tertiary/aromatic N) is 2. The van der Waals surface area contributed by atoms with Gasteiger partial charge in [0.15, 0.2) is 0 Å². The van der Waals surface area contributed by atoms with E-state index in [9.17, 15) is 0 Å². The van der Waals surface area contributed by atoms with Gasteiger partial charge in [0.05, 0.1) is 18.3 Å². The van der Waals surface area contributed by atoms with Crippen molar-refractivity contribution in [2.24, 2.45) is 5.92 Å². The molecular weight excluding hydrogens is 214 g/mol. The van der Waals surface area contributed by atoms with E-state index in [4.69, 9.17) is 4.74 Å². The summed E-state index contributed by atoms with van der Waals surface area (Å²) in [6, 6.07) is 0.918. The van der Waals surface area contributed by atoms with Gasteiger partial charge in [0.1, 0.15) is 0 Å². The van der Waals surface area contributed by atoms with E-state index < -0.39 is 0 Å². The zero-order chi connectivity index (χ0) is 12.4. The summed E-state index contributed by atoms with van der Waals surface area (Å²) in [6.45, 7) is 7.19. The van der Waals surface area contributed by atoms with Crippen LogP contribution in [0.5, 0.6) is 0 Å².